The second kappa shape index (κ2) is 7.86. The van der Waals surface area contributed by atoms with Gasteiger partial charge in [0.15, 0.2) is 0 Å². The van der Waals surface area contributed by atoms with Gasteiger partial charge in [-0.15, -0.1) is 0 Å². The molecule has 0 bridgehead atoms. The summed E-state index contributed by atoms with van der Waals surface area (Å²) in [6, 6.07) is 5.68. The van der Waals surface area contributed by atoms with Gasteiger partial charge in [0, 0.05) is 44.1 Å². The molecule has 0 aromatic carbocycles. The van der Waals surface area contributed by atoms with Gasteiger partial charge in [0.2, 0.25) is 5.91 Å². The molecule has 0 aliphatic carbocycles. The third kappa shape index (κ3) is 3.93. The van der Waals surface area contributed by atoms with Gasteiger partial charge in [-0.1, -0.05) is 6.58 Å². The van der Waals surface area contributed by atoms with Crippen LogP contribution in [0.15, 0.2) is 48.0 Å². The summed E-state index contributed by atoms with van der Waals surface area (Å²) in [4.78, 5) is 32.8. The highest BCUT2D eigenvalue weighted by Crippen LogP contribution is 2.22. The Labute approximate surface area is 152 Å². The van der Waals surface area contributed by atoms with Gasteiger partial charge in [-0.2, -0.15) is 0 Å². The first-order chi connectivity index (χ1) is 12.6. The summed E-state index contributed by atoms with van der Waals surface area (Å²) in [5.41, 5.74) is 2.17. The van der Waals surface area contributed by atoms with Crippen LogP contribution in [0.2, 0.25) is 0 Å². The summed E-state index contributed by atoms with van der Waals surface area (Å²) in [6.07, 6.45) is 6.54. The average Bonchev–Trinajstić information content (AvgIpc) is 2.69. The first kappa shape index (κ1) is 17.7. The van der Waals surface area contributed by atoms with Crippen LogP contribution in [0.1, 0.15) is 12.8 Å². The molecule has 1 fully saturated rings. The fourth-order valence-electron chi connectivity index (χ4n) is 3.15. The molecule has 2 aromatic rings. The second-order valence-electron chi connectivity index (χ2n) is 6.28. The van der Waals surface area contributed by atoms with E-state index in [1.165, 1.54) is 6.08 Å². The zero-order valence-corrected chi connectivity index (χ0v) is 14.8. The molecular formula is C19H23N5O2. The van der Waals surface area contributed by atoms with Gasteiger partial charge in [0.05, 0.1) is 0 Å². The van der Waals surface area contributed by atoms with E-state index in [4.69, 9.17) is 0 Å². The summed E-state index contributed by atoms with van der Waals surface area (Å²) in [6.45, 7) is 4.83. The van der Waals surface area contributed by atoms with E-state index < -0.39 is 0 Å². The van der Waals surface area contributed by atoms with Gasteiger partial charge < -0.3 is 20.5 Å². The topological polar surface area (TPSA) is 90.1 Å². The maximum absolute atomic E-state index is 12.2. The van der Waals surface area contributed by atoms with Gasteiger partial charge in [-0.05, 0) is 42.7 Å². The van der Waals surface area contributed by atoms with Gasteiger partial charge in [-0.25, -0.2) is 4.98 Å². The highest BCUT2D eigenvalue weighted by Gasteiger charge is 2.22. The predicted octanol–water partition coefficient (Wildman–Crippen LogP) is 2.07. The standard InChI is InChI=1S/C19H23N5O2/c1-3-18(25)24-8-4-5-15(12-24)23-16-9-14(11-22-19(16)26)13-6-7-21-17(10-13)20-2/h3,6-7,9-11,15,23H,1,4-5,8,12H2,2H3,(H,20,21)(H,22,26). The van der Waals surface area contributed by atoms with Crippen LogP contribution in [0.5, 0.6) is 0 Å². The lowest BCUT2D eigenvalue weighted by molar-refractivity contribution is -0.127. The molecule has 0 spiro atoms. The van der Waals surface area contributed by atoms with E-state index in [0.717, 1.165) is 36.3 Å². The number of aromatic amines is 1. The van der Waals surface area contributed by atoms with Crippen LogP contribution in [-0.4, -0.2) is 47.0 Å². The van der Waals surface area contributed by atoms with Crippen molar-refractivity contribution in [3.8, 4) is 11.1 Å². The molecule has 1 saturated heterocycles. The van der Waals surface area contributed by atoms with Crippen molar-refractivity contribution in [2.75, 3.05) is 30.8 Å². The molecule has 1 aliphatic heterocycles. The Morgan fingerprint density at radius 2 is 2.27 bits per heavy atom. The minimum atomic E-state index is -0.177. The number of amides is 1. The Morgan fingerprint density at radius 3 is 3.04 bits per heavy atom. The van der Waals surface area contributed by atoms with Crippen LogP contribution < -0.4 is 16.2 Å². The first-order valence-corrected chi connectivity index (χ1v) is 8.65. The maximum Gasteiger partial charge on any atom is 0.271 e. The normalized spacial score (nSPS) is 16.8. The van der Waals surface area contributed by atoms with E-state index in [9.17, 15) is 9.59 Å². The first-order valence-electron chi connectivity index (χ1n) is 8.65. The molecule has 3 heterocycles. The van der Waals surface area contributed by atoms with Crippen molar-refractivity contribution in [1.82, 2.24) is 14.9 Å². The van der Waals surface area contributed by atoms with E-state index >= 15 is 0 Å². The quantitative estimate of drug-likeness (QED) is 0.716. The van der Waals surface area contributed by atoms with Gasteiger partial charge in [-0.3, -0.25) is 9.59 Å². The number of nitrogens with one attached hydrogen (secondary N) is 3. The van der Waals surface area contributed by atoms with Crippen LogP contribution in [0.25, 0.3) is 11.1 Å². The number of anilines is 2. The number of rotatable bonds is 5. The van der Waals surface area contributed by atoms with Gasteiger partial charge in [0.25, 0.3) is 5.56 Å². The monoisotopic (exact) mass is 353 g/mol. The molecule has 7 heteroatoms. The minimum absolute atomic E-state index is 0.0364. The molecule has 1 atom stereocenters. The molecule has 136 valence electrons. The average molecular weight is 353 g/mol. The van der Waals surface area contributed by atoms with Crippen molar-refractivity contribution < 1.29 is 4.79 Å². The van der Waals surface area contributed by atoms with Crippen molar-refractivity contribution >= 4 is 17.4 Å². The SMILES string of the molecule is C=CC(=O)N1CCCC(Nc2cc(-c3ccnc(NC)c3)c[nH]c2=O)C1. The summed E-state index contributed by atoms with van der Waals surface area (Å²) >= 11 is 0. The minimum Gasteiger partial charge on any atom is -0.376 e. The molecule has 1 aliphatic rings. The van der Waals surface area contributed by atoms with E-state index in [-0.39, 0.29) is 17.5 Å². The van der Waals surface area contributed by atoms with E-state index in [1.54, 1.807) is 17.3 Å². The molecular weight excluding hydrogens is 330 g/mol. The third-order valence-electron chi connectivity index (χ3n) is 4.52. The largest absolute Gasteiger partial charge is 0.376 e. The zero-order valence-electron chi connectivity index (χ0n) is 14.8. The molecule has 3 N–H and O–H groups in total. The maximum atomic E-state index is 12.2. The molecule has 7 nitrogen and oxygen atoms in total. The van der Waals surface area contributed by atoms with Crippen LogP contribution >= 0.6 is 0 Å². The summed E-state index contributed by atoms with van der Waals surface area (Å²) in [5, 5.41) is 6.30. The van der Waals surface area contributed by atoms with Crippen LogP contribution in [0, 0.1) is 0 Å². The number of likely N-dealkylation sites (tertiary alicyclic amines) is 1. The Balaban J connectivity index is 1.81. The van der Waals surface area contributed by atoms with Crippen molar-refractivity contribution in [1.29, 1.82) is 0 Å². The Morgan fingerprint density at radius 1 is 1.42 bits per heavy atom. The lowest BCUT2D eigenvalue weighted by atomic mass is 10.0. The zero-order chi connectivity index (χ0) is 18.5. The number of pyridine rings is 2. The number of nitrogens with zero attached hydrogens (tertiary/aromatic N) is 2. The Kier molecular flexibility index (Phi) is 5.36. The number of piperidine rings is 1. The fraction of sp³-hybridized carbons (Fsp3) is 0.316. The molecule has 1 amide bonds. The van der Waals surface area contributed by atoms with E-state index in [2.05, 4.69) is 27.2 Å². The molecule has 3 rings (SSSR count). The fourth-order valence-corrected chi connectivity index (χ4v) is 3.15. The van der Waals surface area contributed by atoms with Gasteiger partial charge >= 0.3 is 0 Å². The molecule has 26 heavy (non-hydrogen) atoms. The van der Waals surface area contributed by atoms with Crippen molar-refractivity contribution in [2.45, 2.75) is 18.9 Å². The van der Waals surface area contributed by atoms with Crippen LogP contribution in [0.3, 0.4) is 0 Å². The summed E-state index contributed by atoms with van der Waals surface area (Å²) in [7, 11) is 1.81. The summed E-state index contributed by atoms with van der Waals surface area (Å²) < 4.78 is 0. The number of H-pyrrole nitrogens is 1. The highest BCUT2D eigenvalue weighted by atomic mass is 16.2. The van der Waals surface area contributed by atoms with Crippen molar-refractivity contribution in [2.24, 2.45) is 0 Å². The molecule has 1 unspecified atom stereocenters. The highest BCUT2D eigenvalue weighted by molar-refractivity contribution is 5.87. The van der Waals surface area contributed by atoms with E-state index in [1.807, 2.05) is 25.2 Å². The van der Waals surface area contributed by atoms with Crippen molar-refractivity contribution in [3.05, 3.63) is 53.6 Å². The Bertz CT molecular complexity index is 861. The lowest BCUT2D eigenvalue weighted by Gasteiger charge is -2.32. The summed E-state index contributed by atoms with van der Waals surface area (Å²) in [5.74, 6) is 0.685. The second-order valence-corrected chi connectivity index (χ2v) is 6.28. The number of carbonyl (C=O) groups excluding carboxylic acids is 1. The number of hydrogen-bond acceptors (Lipinski definition) is 5. The smallest absolute Gasteiger partial charge is 0.271 e. The number of carbonyl (C=O) groups is 1. The van der Waals surface area contributed by atoms with E-state index in [0.29, 0.717) is 12.2 Å². The Hall–Kier alpha value is -3.09. The van der Waals surface area contributed by atoms with Crippen LogP contribution in [0.4, 0.5) is 11.5 Å². The molecule has 2 aromatic heterocycles. The number of aromatic nitrogens is 2. The molecule has 0 saturated carbocycles. The van der Waals surface area contributed by atoms with Crippen molar-refractivity contribution in [3.63, 3.8) is 0 Å². The molecule has 0 radical (unpaired) electrons. The lowest BCUT2D eigenvalue weighted by Crippen LogP contribution is -2.45. The van der Waals surface area contributed by atoms with Crippen LogP contribution in [-0.2, 0) is 4.79 Å². The predicted molar refractivity (Wildman–Crippen MR) is 103 cm³/mol. The van der Waals surface area contributed by atoms with Gasteiger partial charge in [0.1, 0.15) is 11.5 Å². The third-order valence-corrected chi connectivity index (χ3v) is 4.52. The number of hydrogen-bond donors (Lipinski definition) is 3.